The summed E-state index contributed by atoms with van der Waals surface area (Å²) in [6, 6.07) is 9.70. The smallest absolute Gasteiger partial charge is 0.255 e. The number of benzene rings is 1. The van der Waals surface area contributed by atoms with Crippen molar-refractivity contribution in [2.75, 3.05) is 0 Å². The van der Waals surface area contributed by atoms with Crippen LogP contribution in [0.3, 0.4) is 0 Å². The highest BCUT2D eigenvalue weighted by Gasteiger charge is 2.21. The molecule has 0 aliphatic heterocycles. The van der Waals surface area contributed by atoms with Gasteiger partial charge in [0.05, 0.1) is 5.54 Å². The number of amides is 1. The Morgan fingerprint density at radius 2 is 1.95 bits per heavy atom. The van der Waals surface area contributed by atoms with Gasteiger partial charge in [-0.25, -0.2) is 0 Å². The number of hydrogen-bond acceptors (Lipinski definition) is 3. The fourth-order valence-corrected chi connectivity index (χ4v) is 1.70. The maximum absolute atomic E-state index is 11.5. The third-order valence-corrected chi connectivity index (χ3v) is 2.85. The summed E-state index contributed by atoms with van der Waals surface area (Å²) in [4.78, 5) is 11.5. The molecule has 0 bridgehead atoms. The van der Waals surface area contributed by atoms with Crippen molar-refractivity contribution in [2.45, 2.75) is 32.9 Å². The Bertz CT molecular complexity index is 597. The molecule has 1 amide bonds. The Morgan fingerprint density at radius 3 is 2.50 bits per heavy atom. The van der Waals surface area contributed by atoms with Crippen LogP contribution in [0.15, 0.2) is 36.5 Å². The van der Waals surface area contributed by atoms with Crippen molar-refractivity contribution < 1.29 is 9.53 Å². The van der Waals surface area contributed by atoms with Crippen LogP contribution in [0.1, 0.15) is 36.7 Å². The minimum Gasteiger partial charge on any atom is -0.471 e. The Kier molecular flexibility index (Phi) is 3.79. The van der Waals surface area contributed by atoms with Crippen LogP contribution in [0.4, 0.5) is 0 Å². The maximum Gasteiger partial charge on any atom is 0.255 e. The molecule has 0 aliphatic carbocycles. The fourth-order valence-electron chi connectivity index (χ4n) is 1.70. The summed E-state index contributed by atoms with van der Waals surface area (Å²) < 4.78 is 7.32. The van der Waals surface area contributed by atoms with Gasteiger partial charge in [-0.2, -0.15) is 0 Å². The van der Waals surface area contributed by atoms with E-state index in [1.807, 2.05) is 51.1 Å². The molecule has 0 radical (unpaired) electrons. The van der Waals surface area contributed by atoms with Gasteiger partial charge in [0.2, 0.25) is 5.88 Å². The van der Waals surface area contributed by atoms with E-state index < -0.39 is 5.91 Å². The molecular formula is C15H19N3O2. The summed E-state index contributed by atoms with van der Waals surface area (Å²) in [5.41, 5.74) is 6.44. The molecule has 0 fully saturated rings. The lowest BCUT2D eigenvalue weighted by atomic mass is 10.1. The van der Waals surface area contributed by atoms with Gasteiger partial charge >= 0.3 is 0 Å². The van der Waals surface area contributed by atoms with Gasteiger partial charge in [0.25, 0.3) is 5.91 Å². The molecule has 0 unspecified atom stereocenters. The average molecular weight is 273 g/mol. The second-order valence-corrected chi connectivity index (χ2v) is 5.60. The molecule has 0 saturated heterocycles. The van der Waals surface area contributed by atoms with Gasteiger partial charge in [0.15, 0.2) is 0 Å². The largest absolute Gasteiger partial charge is 0.471 e. The molecule has 1 heterocycles. The van der Waals surface area contributed by atoms with E-state index in [4.69, 9.17) is 10.5 Å². The van der Waals surface area contributed by atoms with Gasteiger partial charge in [-0.3, -0.25) is 9.48 Å². The lowest BCUT2D eigenvalue weighted by Crippen LogP contribution is -2.22. The fraction of sp³-hybridized carbons (Fsp3) is 0.333. The summed E-state index contributed by atoms with van der Waals surface area (Å²) in [7, 11) is 0. The van der Waals surface area contributed by atoms with Gasteiger partial charge in [-0.1, -0.05) is 30.3 Å². The van der Waals surface area contributed by atoms with E-state index in [0.29, 0.717) is 12.2 Å². The lowest BCUT2D eigenvalue weighted by Gasteiger charge is -2.18. The first-order valence-electron chi connectivity index (χ1n) is 6.44. The Labute approximate surface area is 118 Å². The molecule has 106 valence electrons. The molecule has 1 aromatic heterocycles. The van der Waals surface area contributed by atoms with E-state index >= 15 is 0 Å². The van der Waals surface area contributed by atoms with Crippen LogP contribution in [-0.2, 0) is 12.1 Å². The molecule has 2 rings (SSSR count). The number of carbonyl (C=O) groups is 1. The van der Waals surface area contributed by atoms with E-state index in [2.05, 4.69) is 5.10 Å². The molecule has 20 heavy (non-hydrogen) atoms. The van der Waals surface area contributed by atoms with Crippen LogP contribution >= 0.6 is 0 Å². The third-order valence-electron chi connectivity index (χ3n) is 2.85. The van der Waals surface area contributed by atoms with Crippen LogP contribution in [0.2, 0.25) is 0 Å². The highest BCUT2D eigenvalue weighted by Crippen LogP contribution is 2.22. The first kappa shape index (κ1) is 14.1. The Hall–Kier alpha value is -2.30. The summed E-state index contributed by atoms with van der Waals surface area (Å²) in [5.74, 6) is -0.264. The van der Waals surface area contributed by atoms with Gasteiger partial charge in [-0.15, -0.1) is 5.10 Å². The summed E-state index contributed by atoms with van der Waals surface area (Å²) in [6.07, 6.45) is 1.63. The predicted molar refractivity (Wildman–Crippen MR) is 76.5 cm³/mol. The summed E-state index contributed by atoms with van der Waals surface area (Å²) in [5, 5.41) is 4.31. The molecule has 0 spiro atoms. The van der Waals surface area contributed by atoms with Crippen LogP contribution < -0.4 is 10.5 Å². The standard InChI is InChI=1S/C15H19N3O2/c1-15(2,3)18-9-12(13(16)19)14(17-18)20-10-11-7-5-4-6-8-11/h4-9H,10H2,1-3H3,(H2,16,19). The minimum absolute atomic E-state index is 0.238. The predicted octanol–water partition coefficient (Wildman–Crippen LogP) is 2.32. The number of rotatable bonds is 4. The molecule has 2 aromatic rings. The van der Waals surface area contributed by atoms with Crippen molar-refractivity contribution in [2.24, 2.45) is 5.73 Å². The minimum atomic E-state index is -0.538. The Balaban J connectivity index is 2.22. The number of primary amides is 1. The normalized spacial score (nSPS) is 11.3. The quantitative estimate of drug-likeness (QED) is 0.929. The zero-order valence-electron chi connectivity index (χ0n) is 12.0. The van der Waals surface area contributed by atoms with E-state index in [9.17, 15) is 4.79 Å². The number of aromatic nitrogens is 2. The molecule has 0 aliphatic rings. The van der Waals surface area contributed by atoms with Crippen molar-refractivity contribution in [1.29, 1.82) is 0 Å². The number of carbonyl (C=O) groups excluding carboxylic acids is 1. The average Bonchev–Trinajstić information content (AvgIpc) is 2.82. The number of ether oxygens (including phenoxy) is 1. The third kappa shape index (κ3) is 3.17. The van der Waals surface area contributed by atoms with Crippen molar-refractivity contribution in [3.63, 3.8) is 0 Å². The van der Waals surface area contributed by atoms with E-state index in [-0.39, 0.29) is 11.4 Å². The van der Waals surface area contributed by atoms with Gasteiger partial charge in [-0.05, 0) is 26.3 Å². The lowest BCUT2D eigenvalue weighted by molar-refractivity contribution is 0.0996. The zero-order chi connectivity index (χ0) is 14.8. The van der Waals surface area contributed by atoms with Gasteiger partial charge in [0, 0.05) is 6.20 Å². The molecular weight excluding hydrogens is 254 g/mol. The molecule has 2 N–H and O–H groups in total. The van der Waals surface area contributed by atoms with Crippen molar-refractivity contribution in [1.82, 2.24) is 9.78 Å². The highest BCUT2D eigenvalue weighted by atomic mass is 16.5. The molecule has 1 aromatic carbocycles. The van der Waals surface area contributed by atoms with Gasteiger partial charge < -0.3 is 10.5 Å². The molecule has 5 heteroatoms. The van der Waals surface area contributed by atoms with Crippen molar-refractivity contribution >= 4 is 5.91 Å². The number of nitrogens with zero attached hydrogens (tertiary/aromatic N) is 2. The van der Waals surface area contributed by atoms with Crippen LogP contribution in [0.25, 0.3) is 0 Å². The first-order valence-corrected chi connectivity index (χ1v) is 6.44. The highest BCUT2D eigenvalue weighted by molar-refractivity contribution is 5.94. The van der Waals surface area contributed by atoms with Crippen molar-refractivity contribution in [3.8, 4) is 5.88 Å². The van der Waals surface area contributed by atoms with Crippen LogP contribution in [-0.4, -0.2) is 15.7 Å². The summed E-state index contributed by atoms with van der Waals surface area (Å²) >= 11 is 0. The van der Waals surface area contributed by atoms with E-state index in [1.165, 1.54) is 0 Å². The molecule has 0 saturated carbocycles. The van der Waals surface area contributed by atoms with Crippen LogP contribution in [0, 0.1) is 0 Å². The number of hydrogen-bond donors (Lipinski definition) is 1. The number of nitrogens with two attached hydrogens (primary N) is 1. The molecule has 5 nitrogen and oxygen atoms in total. The first-order chi connectivity index (χ1) is 9.38. The van der Waals surface area contributed by atoms with E-state index in [1.54, 1.807) is 10.9 Å². The molecule has 0 atom stereocenters. The zero-order valence-corrected chi connectivity index (χ0v) is 12.0. The SMILES string of the molecule is CC(C)(C)n1cc(C(N)=O)c(OCc2ccccc2)n1. The second kappa shape index (κ2) is 5.36. The topological polar surface area (TPSA) is 70.1 Å². The second-order valence-electron chi connectivity index (χ2n) is 5.60. The monoisotopic (exact) mass is 273 g/mol. The van der Waals surface area contributed by atoms with Crippen LogP contribution in [0.5, 0.6) is 5.88 Å². The van der Waals surface area contributed by atoms with Crippen molar-refractivity contribution in [3.05, 3.63) is 47.7 Å². The van der Waals surface area contributed by atoms with E-state index in [0.717, 1.165) is 5.56 Å². The van der Waals surface area contributed by atoms with Gasteiger partial charge in [0.1, 0.15) is 12.2 Å². The Morgan fingerprint density at radius 1 is 1.30 bits per heavy atom. The maximum atomic E-state index is 11.5. The summed E-state index contributed by atoms with van der Waals surface area (Å²) in [6.45, 7) is 6.32.